The number of anilines is 1. The first-order valence-corrected chi connectivity index (χ1v) is 10.5. The number of urea groups is 1. The Balaban J connectivity index is 1.85. The van der Waals surface area contributed by atoms with Crippen molar-refractivity contribution in [1.29, 1.82) is 0 Å². The predicted octanol–water partition coefficient (Wildman–Crippen LogP) is 4.21. The Morgan fingerprint density at radius 2 is 1.73 bits per heavy atom. The fraction of sp³-hybridized carbons (Fsp3) is 0.333. The third-order valence-electron chi connectivity index (χ3n) is 5.33. The number of pyridine rings is 1. The molecule has 0 saturated carbocycles. The first kappa shape index (κ1) is 21.6. The van der Waals surface area contributed by atoms with E-state index in [9.17, 15) is 9.59 Å². The van der Waals surface area contributed by atoms with Gasteiger partial charge in [0.05, 0.1) is 6.54 Å². The molecule has 1 heterocycles. The quantitative estimate of drug-likeness (QED) is 0.589. The van der Waals surface area contributed by atoms with E-state index in [2.05, 4.69) is 29.0 Å². The summed E-state index contributed by atoms with van der Waals surface area (Å²) in [4.78, 5) is 32.6. The van der Waals surface area contributed by atoms with E-state index in [4.69, 9.17) is 0 Å². The van der Waals surface area contributed by atoms with Crippen LogP contribution in [0.25, 0.3) is 10.9 Å². The molecule has 158 valence electrons. The lowest BCUT2D eigenvalue weighted by molar-refractivity contribution is 0.194. The number of hydrogen-bond donors (Lipinski definition) is 2. The van der Waals surface area contributed by atoms with Gasteiger partial charge in [0.25, 0.3) is 5.56 Å². The molecule has 0 saturated heterocycles. The number of H-pyrrole nitrogens is 1. The maximum absolute atomic E-state index is 13.0. The lowest BCUT2D eigenvalue weighted by Gasteiger charge is -2.26. The van der Waals surface area contributed by atoms with E-state index in [1.54, 1.807) is 4.90 Å². The zero-order valence-electron chi connectivity index (χ0n) is 17.9. The van der Waals surface area contributed by atoms with Crippen molar-refractivity contribution in [3.63, 3.8) is 0 Å². The van der Waals surface area contributed by atoms with Crippen molar-refractivity contribution in [3.8, 4) is 0 Å². The van der Waals surface area contributed by atoms with Gasteiger partial charge in [0.2, 0.25) is 0 Å². The number of aromatic nitrogens is 1. The number of hydrogen-bond acceptors (Lipinski definition) is 3. The van der Waals surface area contributed by atoms with Crippen molar-refractivity contribution in [3.05, 3.63) is 76.1 Å². The molecule has 0 unspecified atom stereocenters. The highest BCUT2D eigenvalue weighted by Gasteiger charge is 2.17. The summed E-state index contributed by atoms with van der Waals surface area (Å²) < 4.78 is 0. The van der Waals surface area contributed by atoms with Crippen LogP contribution in [0, 0.1) is 6.92 Å². The van der Waals surface area contributed by atoms with Gasteiger partial charge in [0.15, 0.2) is 0 Å². The molecular formula is C24H30N4O2. The number of likely N-dealkylation sites (N-methyl/N-ethyl adjacent to an activating group) is 1. The van der Waals surface area contributed by atoms with E-state index >= 15 is 0 Å². The van der Waals surface area contributed by atoms with Crippen molar-refractivity contribution in [2.24, 2.45) is 0 Å². The third kappa shape index (κ3) is 5.48. The molecular weight excluding hydrogens is 376 g/mol. The number of fused-ring (bicyclic) bond motifs is 1. The molecule has 1 aromatic heterocycles. The Morgan fingerprint density at radius 3 is 2.43 bits per heavy atom. The van der Waals surface area contributed by atoms with Crippen LogP contribution in [-0.4, -0.2) is 47.0 Å². The first-order valence-electron chi connectivity index (χ1n) is 10.5. The van der Waals surface area contributed by atoms with Crippen molar-refractivity contribution in [2.45, 2.75) is 27.3 Å². The van der Waals surface area contributed by atoms with Gasteiger partial charge in [-0.25, -0.2) is 4.79 Å². The zero-order valence-corrected chi connectivity index (χ0v) is 17.9. The van der Waals surface area contributed by atoms with E-state index in [1.165, 1.54) is 0 Å². The summed E-state index contributed by atoms with van der Waals surface area (Å²) in [5.74, 6) is 0. The highest BCUT2D eigenvalue weighted by atomic mass is 16.2. The molecule has 2 aromatic carbocycles. The lowest BCUT2D eigenvalue weighted by atomic mass is 10.1. The molecule has 2 amide bonds. The maximum Gasteiger partial charge on any atom is 0.322 e. The second kappa shape index (κ2) is 10.1. The van der Waals surface area contributed by atoms with Crippen LogP contribution in [0.4, 0.5) is 10.5 Å². The summed E-state index contributed by atoms with van der Waals surface area (Å²) in [7, 11) is 0. The van der Waals surface area contributed by atoms with E-state index in [0.29, 0.717) is 12.1 Å². The van der Waals surface area contributed by atoms with E-state index in [0.717, 1.165) is 41.8 Å². The Labute approximate surface area is 177 Å². The summed E-state index contributed by atoms with van der Waals surface area (Å²) >= 11 is 0. The molecule has 0 spiro atoms. The van der Waals surface area contributed by atoms with E-state index < -0.39 is 0 Å². The normalized spacial score (nSPS) is 11.1. The molecule has 3 rings (SSSR count). The molecule has 0 radical (unpaired) electrons. The minimum atomic E-state index is -0.211. The molecule has 6 heteroatoms. The van der Waals surface area contributed by atoms with Gasteiger partial charge in [-0.05, 0) is 55.7 Å². The number of nitrogens with one attached hydrogen (secondary N) is 2. The SMILES string of the molecule is CCN(CC)CCN(Cc1cc2cc(C)ccc2[nH]c1=O)C(=O)Nc1ccccc1. The summed E-state index contributed by atoms with van der Waals surface area (Å²) in [5, 5.41) is 3.91. The van der Waals surface area contributed by atoms with Crippen LogP contribution in [0.5, 0.6) is 0 Å². The number of amides is 2. The smallest absolute Gasteiger partial charge is 0.322 e. The monoisotopic (exact) mass is 406 g/mol. The number of para-hydroxylation sites is 1. The Hall–Kier alpha value is -3.12. The summed E-state index contributed by atoms with van der Waals surface area (Å²) in [5.41, 5.74) is 3.08. The number of nitrogens with zero attached hydrogens (tertiary/aromatic N) is 2. The highest BCUT2D eigenvalue weighted by molar-refractivity contribution is 5.89. The summed E-state index contributed by atoms with van der Waals surface area (Å²) in [6.07, 6.45) is 0. The second-order valence-electron chi connectivity index (χ2n) is 7.46. The third-order valence-corrected chi connectivity index (χ3v) is 5.33. The molecule has 0 aliphatic heterocycles. The van der Waals surface area contributed by atoms with Gasteiger partial charge < -0.3 is 20.1 Å². The van der Waals surface area contributed by atoms with Crippen LogP contribution in [-0.2, 0) is 6.54 Å². The Bertz CT molecular complexity index is 1040. The molecule has 3 aromatic rings. The van der Waals surface area contributed by atoms with Crippen LogP contribution < -0.4 is 10.9 Å². The summed E-state index contributed by atoms with van der Waals surface area (Å²) in [6.45, 7) is 9.60. The van der Waals surface area contributed by atoms with Crippen molar-refractivity contribution >= 4 is 22.6 Å². The van der Waals surface area contributed by atoms with Crippen LogP contribution in [0.15, 0.2) is 59.4 Å². The average molecular weight is 407 g/mol. The fourth-order valence-corrected chi connectivity index (χ4v) is 3.47. The first-order chi connectivity index (χ1) is 14.5. The Kier molecular flexibility index (Phi) is 7.25. The molecule has 0 aliphatic rings. The molecule has 6 nitrogen and oxygen atoms in total. The van der Waals surface area contributed by atoms with Gasteiger partial charge in [-0.15, -0.1) is 0 Å². The van der Waals surface area contributed by atoms with Gasteiger partial charge in [0, 0.05) is 29.9 Å². The lowest BCUT2D eigenvalue weighted by Crippen LogP contribution is -2.41. The largest absolute Gasteiger partial charge is 0.322 e. The zero-order chi connectivity index (χ0) is 21.5. The molecule has 0 bridgehead atoms. The van der Waals surface area contributed by atoms with Gasteiger partial charge in [0.1, 0.15) is 0 Å². The number of carbonyl (C=O) groups is 1. The molecule has 0 aliphatic carbocycles. The Morgan fingerprint density at radius 1 is 1.00 bits per heavy atom. The number of aromatic amines is 1. The number of aryl methyl sites for hydroxylation is 1. The predicted molar refractivity (Wildman–Crippen MR) is 123 cm³/mol. The fourth-order valence-electron chi connectivity index (χ4n) is 3.47. The van der Waals surface area contributed by atoms with Gasteiger partial charge in [-0.3, -0.25) is 4.79 Å². The van der Waals surface area contributed by atoms with Crippen molar-refractivity contribution < 1.29 is 4.79 Å². The minimum absolute atomic E-state index is 0.160. The van der Waals surface area contributed by atoms with Gasteiger partial charge >= 0.3 is 6.03 Å². The number of benzene rings is 2. The average Bonchev–Trinajstić information content (AvgIpc) is 2.74. The number of rotatable bonds is 8. The van der Waals surface area contributed by atoms with Gasteiger partial charge in [-0.1, -0.05) is 43.7 Å². The number of carbonyl (C=O) groups excluding carboxylic acids is 1. The van der Waals surface area contributed by atoms with Crippen LogP contribution in [0.3, 0.4) is 0 Å². The molecule has 2 N–H and O–H groups in total. The molecule has 0 atom stereocenters. The summed E-state index contributed by atoms with van der Waals surface area (Å²) in [6, 6.07) is 17.0. The van der Waals surface area contributed by atoms with E-state index in [1.807, 2.05) is 61.5 Å². The molecule has 0 fully saturated rings. The topological polar surface area (TPSA) is 68.4 Å². The standard InChI is InChI=1S/C24H30N4O2/c1-4-27(5-2)13-14-28(24(30)25-21-9-7-6-8-10-21)17-20-16-19-15-18(3)11-12-22(19)26-23(20)29/h6-12,15-16H,4-5,13-14,17H2,1-3H3,(H,25,30)(H,26,29). The minimum Gasteiger partial charge on any atom is -0.322 e. The van der Waals surface area contributed by atoms with Crippen molar-refractivity contribution in [1.82, 2.24) is 14.8 Å². The highest BCUT2D eigenvalue weighted by Crippen LogP contribution is 2.15. The van der Waals surface area contributed by atoms with E-state index in [-0.39, 0.29) is 18.1 Å². The maximum atomic E-state index is 13.0. The second-order valence-corrected chi connectivity index (χ2v) is 7.46. The van der Waals surface area contributed by atoms with Crippen molar-refractivity contribution in [2.75, 3.05) is 31.5 Å². The van der Waals surface area contributed by atoms with Crippen LogP contribution >= 0.6 is 0 Å². The van der Waals surface area contributed by atoms with Gasteiger partial charge in [-0.2, -0.15) is 0 Å². The van der Waals surface area contributed by atoms with Crippen LogP contribution in [0.2, 0.25) is 0 Å². The van der Waals surface area contributed by atoms with Crippen LogP contribution in [0.1, 0.15) is 25.0 Å². The molecule has 30 heavy (non-hydrogen) atoms.